The molecule has 1 fully saturated rings. The van der Waals surface area contributed by atoms with E-state index in [1.807, 2.05) is 0 Å². The molecule has 1 heterocycles. The second kappa shape index (κ2) is 7.14. The van der Waals surface area contributed by atoms with Gasteiger partial charge in [0.1, 0.15) is 0 Å². The highest BCUT2D eigenvalue weighted by Crippen LogP contribution is 2.35. The Morgan fingerprint density at radius 2 is 1.91 bits per heavy atom. The second-order valence-electron chi connectivity index (χ2n) is 5.26. The van der Waals surface area contributed by atoms with Crippen molar-refractivity contribution in [2.75, 3.05) is 0 Å². The van der Waals surface area contributed by atoms with Gasteiger partial charge in [0.2, 0.25) is 0 Å². The fraction of sp³-hybridized carbons (Fsp3) is 0.353. The molecule has 0 bridgehead atoms. The van der Waals surface area contributed by atoms with E-state index >= 15 is 0 Å². The highest BCUT2D eigenvalue weighted by atomic mass is 35.5. The summed E-state index contributed by atoms with van der Waals surface area (Å²) in [7, 11) is 0. The van der Waals surface area contributed by atoms with Crippen molar-refractivity contribution in [3.8, 4) is 11.3 Å². The van der Waals surface area contributed by atoms with Crippen molar-refractivity contribution in [3.05, 3.63) is 53.2 Å². The van der Waals surface area contributed by atoms with Crippen molar-refractivity contribution in [2.45, 2.75) is 32.4 Å². The number of benzene rings is 1. The molecule has 118 valence electrons. The lowest BCUT2D eigenvalue weighted by Crippen LogP contribution is -2.04. The second-order valence-corrected chi connectivity index (χ2v) is 5.67. The van der Waals surface area contributed by atoms with Gasteiger partial charge >= 0.3 is 6.18 Å². The molecule has 0 aliphatic heterocycles. The van der Waals surface area contributed by atoms with Crippen molar-refractivity contribution in [1.29, 1.82) is 0 Å². The normalized spacial score (nSPS) is 14.2. The van der Waals surface area contributed by atoms with E-state index in [-0.39, 0.29) is 10.6 Å². The third-order valence-electron chi connectivity index (χ3n) is 3.51. The maximum atomic E-state index is 12.6. The molecule has 5 heteroatoms. The van der Waals surface area contributed by atoms with E-state index < -0.39 is 11.7 Å². The van der Waals surface area contributed by atoms with Crippen molar-refractivity contribution >= 4 is 11.6 Å². The first-order chi connectivity index (χ1) is 10.4. The van der Waals surface area contributed by atoms with Gasteiger partial charge in [-0.15, -0.1) is 0 Å². The van der Waals surface area contributed by atoms with Crippen LogP contribution in [0.25, 0.3) is 11.3 Å². The first-order valence-electron chi connectivity index (χ1n) is 7.20. The van der Waals surface area contributed by atoms with Crippen LogP contribution in [0.1, 0.15) is 31.7 Å². The predicted molar refractivity (Wildman–Crippen MR) is 82.7 cm³/mol. The molecule has 3 rings (SSSR count). The molecule has 1 nitrogen and oxygen atoms in total. The van der Waals surface area contributed by atoms with Gasteiger partial charge in [-0.05, 0) is 36.2 Å². The molecular weight excluding hydrogens is 311 g/mol. The van der Waals surface area contributed by atoms with Crippen LogP contribution in [-0.2, 0) is 6.18 Å². The van der Waals surface area contributed by atoms with Crippen molar-refractivity contribution in [2.24, 2.45) is 5.92 Å². The molecule has 22 heavy (non-hydrogen) atoms. The average Bonchev–Trinajstić information content (AvgIpc) is 3.32. The van der Waals surface area contributed by atoms with Gasteiger partial charge in [-0.3, -0.25) is 4.98 Å². The van der Waals surface area contributed by atoms with E-state index in [4.69, 9.17) is 11.6 Å². The van der Waals surface area contributed by atoms with Gasteiger partial charge in [0.15, 0.2) is 0 Å². The zero-order valence-electron chi connectivity index (χ0n) is 12.2. The van der Waals surface area contributed by atoms with Crippen LogP contribution in [0, 0.1) is 5.92 Å². The largest absolute Gasteiger partial charge is 0.416 e. The molecular formula is C17H17ClF3N. The van der Waals surface area contributed by atoms with Crippen LogP contribution in [0.5, 0.6) is 0 Å². The molecule has 0 unspecified atom stereocenters. The number of pyridine rings is 1. The molecule has 0 saturated heterocycles. The van der Waals surface area contributed by atoms with E-state index in [2.05, 4.69) is 11.9 Å². The Bertz CT molecular complexity index is 607. The van der Waals surface area contributed by atoms with Crippen molar-refractivity contribution in [1.82, 2.24) is 4.98 Å². The predicted octanol–water partition coefficient (Wildman–Crippen LogP) is 6.23. The van der Waals surface area contributed by atoms with Gasteiger partial charge in [0, 0.05) is 16.8 Å². The number of hydrogen-bond donors (Lipinski definition) is 0. The Morgan fingerprint density at radius 1 is 1.18 bits per heavy atom. The highest BCUT2D eigenvalue weighted by Gasteiger charge is 2.31. The van der Waals surface area contributed by atoms with Crippen LogP contribution >= 0.6 is 11.6 Å². The number of aromatic nitrogens is 1. The van der Waals surface area contributed by atoms with Crippen LogP contribution < -0.4 is 0 Å². The maximum absolute atomic E-state index is 12.6. The fourth-order valence-corrected chi connectivity index (χ4v) is 2.16. The Morgan fingerprint density at radius 3 is 2.36 bits per heavy atom. The summed E-state index contributed by atoms with van der Waals surface area (Å²) >= 11 is 5.87. The van der Waals surface area contributed by atoms with E-state index in [0.717, 1.165) is 18.1 Å². The molecule has 1 saturated carbocycles. The topological polar surface area (TPSA) is 12.9 Å². The van der Waals surface area contributed by atoms with Crippen LogP contribution in [0.15, 0.2) is 42.6 Å². The summed E-state index contributed by atoms with van der Waals surface area (Å²) in [6.07, 6.45) is 1.56. The standard InChI is InChI=1S/C12H7ClF3N.C5H10/c13-10-5-4-8(12(14,15)16)7-9(10)11-3-1-2-6-17-11;1-2-5-3-4-5/h1-7H;5H,2-4H2,1H3. The number of rotatable bonds is 2. The third-order valence-corrected chi connectivity index (χ3v) is 3.84. The van der Waals surface area contributed by atoms with Gasteiger partial charge in [-0.2, -0.15) is 13.2 Å². The minimum atomic E-state index is -4.38. The Kier molecular flexibility index (Phi) is 5.46. The molecule has 0 spiro atoms. The van der Waals surface area contributed by atoms with Gasteiger partial charge < -0.3 is 0 Å². The highest BCUT2D eigenvalue weighted by molar-refractivity contribution is 6.33. The summed E-state index contributed by atoms with van der Waals surface area (Å²) in [4.78, 5) is 3.98. The number of alkyl halides is 3. The van der Waals surface area contributed by atoms with Gasteiger partial charge in [-0.25, -0.2) is 0 Å². The molecule has 1 aromatic heterocycles. The summed E-state index contributed by atoms with van der Waals surface area (Å²) < 4.78 is 37.7. The van der Waals surface area contributed by atoms with Gasteiger partial charge in [0.25, 0.3) is 0 Å². The van der Waals surface area contributed by atoms with Crippen LogP contribution in [-0.4, -0.2) is 4.98 Å². The number of hydrogen-bond acceptors (Lipinski definition) is 1. The molecule has 1 aliphatic carbocycles. The number of nitrogens with zero attached hydrogens (tertiary/aromatic N) is 1. The lowest BCUT2D eigenvalue weighted by Gasteiger charge is -2.09. The number of halogens is 4. The molecule has 0 N–H and O–H groups in total. The zero-order valence-corrected chi connectivity index (χ0v) is 13.0. The molecule has 2 aromatic rings. The van der Waals surface area contributed by atoms with Crippen LogP contribution in [0.4, 0.5) is 13.2 Å². The molecule has 1 aliphatic rings. The van der Waals surface area contributed by atoms with Gasteiger partial charge in [0.05, 0.1) is 11.3 Å². The quantitative estimate of drug-likeness (QED) is 0.637. The van der Waals surface area contributed by atoms with E-state index in [1.165, 1.54) is 31.5 Å². The SMILES string of the molecule is CCC1CC1.FC(F)(F)c1ccc(Cl)c(-c2ccccn2)c1. The Hall–Kier alpha value is -1.55. The Balaban J connectivity index is 0.000000299. The van der Waals surface area contributed by atoms with Crippen molar-refractivity contribution in [3.63, 3.8) is 0 Å². The van der Waals surface area contributed by atoms with Gasteiger partial charge in [-0.1, -0.05) is 43.9 Å². The average molecular weight is 328 g/mol. The van der Waals surface area contributed by atoms with E-state index in [0.29, 0.717) is 5.69 Å². The first-order valence-corrected chi connectivity index (χ1v) is 7.57. The first kappa shape index (κ1) is 16.8. The van der Waals surface area contributed by atoms with Crippen LogP contribution in [0.3, 0.4) is 0 Å². The molecule has 0 atom stereocenters. The lowest BCUT2D eigenvalue weighted by molar-refractivity contribution is -0.137. The monoisotopic (exact) mass is 327 g/mol. The third kappa shape index (κ3) is 4.73. The summed E-state index contributed by atoms with van der Waals surface area (Å²) in [6, 6.07) is 8.18. The summed E-state index contributed by atoms with van der Waals surface area (Å²) in [5.74, 6) is 1.13. The summed E-state index contributed by atoms with van der Waals surface area (Å²) in [6.45, 7) is 2.26. The van der Waals surface area contributed by atoms with Crippen molar-refractivity contribution < 1.29 is 13.2 Å². The molecule has 0 radical (unpaired) electrons. The molecule has 1 aromatic carbocycles. The summed E-state index contributed by atoms with van der Waals surface area (Å²) in [5.41, 5.74) is -0.0340. The summed E-state index contributed by atoms with van der Waals surface area (Å²) in [5, 5.41) is 0.247. The van der Waals surface area contributed by atoms with Crippen LogP contribution in [0.2, 0.25) is 5.02 Å². The minimum Gasteiger partial charge on any atom is -0.256 e. The Labute approximate surface area is 133 Å². The van der Waals surface area contributed by atoms with E-state index in [1.54, 1.807) is 18.2 Å². The zero-order chi connectivity index (χ0) is 16.2. The molecule has 0 amide bonds. The smallest absolute Gasteiger partial charge is 0.256 e. The minimum absolute atomic E-state index is 0.247. The fourth-order valence-electron chi connectivity index (χ4n) is 1.95. The maximum Gasteiger partial charge on any atom is 0.416 e. The van der Waals surface area contributed by atoms with E-state index in [9.17, 15) is 13.2 Å². The lowest BCUT2D eigenvalue weighted by atomic mass is 10.1.